The minimum Gasteiger partial charge on any atom is -0.314 e. The van der Waals surface area contributed by atoms with Crippen LogP contribution in [0.25, 0.3) is 0 Å². The molecule has 1 saturated carbocycles. The van der Waals surface area contributed by atoms with Crippen molar-refractivity contribution in [2.75, 3.05) is 13.1 Å². The fraction of sp³-hybridized carbons (Fsp3) is 0.769. The van der Waals surface area contributed by atoms with E-state index in [9.17, 15) is 0 Å². The van der Waals surface area contributed by atoms with E-state index >= 15 is 0 Å². The van der Waals surface area contributed by atoms with Gasteiger partial charge in [0.15, 0.2) is 0 Å². The Morgan fingerprint density at radius 2 is 2.24 bits per heavy atom. The van der Waals surface area contributed by atoms with Gasteiger partial charge < -0.3 is 10.6 Å². The van der Waals surface area contributed by atoms with E-state index in [1.807, 2.05) is 0 Å². The molecule has 0 radical (unpaired) electrons. The first kappa shape index (κ1) is 12.6. The molecule has 96 valence electrons. The molecular formula is C13H24N4. The summed E-state index contributed by atoms with van der Waals surface area (Å²) in [6, 6.07) is 2.79. The smallest absolute Gasteiger partial charge is 0.0656 e. The number of hydrogen-bond acceptors (Lipinski definition) is 3. The largest absolute Gasteiger partial charge is 0.314 e. The molecule has 0 aromatic carbocycles. The van der Waals surface area contributed by atoms with Crippen molar-refractivity contribution in [1.82, 2.24) is 20.8 Å². The summed E-state index contributed by atoms with van der Waals surface area (Å²) >= 11 is 0. The third kappa shape index (κ3) is 4.48. The van der Waals surface area contributed by atoms with E-state index in [2.05, 4.69) is 40.7 Å². The Hall–Kier alpha value is -0.870. The Morgan fingerprint density at radius 1 is 1.41 bits per heavy atom. The zero-order chi connectivity index (χ0) is 12.1. The standard InChI is InChI=1S/C13H24N4/c1-10(2)15-7-3-6-14-9-12-8-13(17-16-12)11-4-5-11/h8,10-11,14-15H,3-7,9H2,1-2H3,(H,16,17). The maximum atomic E-state index is 4.34. The van der Waals surface area contributed by atoms with Crippen LogP contribution in [0.5, 0.6) is 0 Å². The van der Waals surface area contributed by atoms with Crippen molar-refractivity contribution in [2.45, 2.75) is 51.6 Å². The van der Waals surface area contributed by atoms with Gasteiger partial charge in [-0.1, -0.05) is 13.8 Å². The third-order valence-corrected chi connectivity index (χ3v) is 3.04. The molecule has 4 heteroatoms. The number of nitrogens with zero attached hydrogens (tertiary/aromatic N) is 1. The van der Waals surface area contributed by atoms with Crippen molar-refractivity contribution < 1.29 is 0 Å². The van der Waals surface area contributed by atoms with Crippen LogP contribution in [0, 0.1) is 0 Å². The fourth-order valence-electron chi connectivity index (χ4n) is 1.89. The molecule has 17 heavy (non-hydrogen) atoms. The normalized spacial score (nSPS) is 15.7. The maximum Gasteiger partial charge on any atom is 0.0656 e. The molecule has 0 spiro atoms. The second kappa shape index (κ2) is 6.17. The number of nitrogens with one attached hydrogen (secondary N) is 3. The predicted molar refractivity (Wildman–Crippen MR) is 70.0 cm³/mol. The number of aromatic nitrogens is 2. The highest BCUT2D eigenvalue weighted by molar-refractivity contribution is 5.17. The van der Waals surface area contributed by atoms with E-state index in [-0.39, 0.29) is 0 Å². The SMILES string of the molecule is CC(C)NCCCNCc1cc(C2CC2)n[nH]1. The van der Waals surface area contributed by atoms with E-state index in [4.69, 9.17) is 0 Å². The quantitative estimate of drug-likeness (QED) is 0.603. The van der Waals surface area contributed by atoms with Crippen LogP contribution in [0.2, 0.25) is 0 Å². The van der Waals surface area contributed by atoms with Gasteiger partial charge in [0.2, 0.25) is 0 Å². The van der Waals surface area contributed by atoms with Crippen LogP contribution in [-0.2, 0) is 6.54 Å². The molecule has 1 aromatic heterocycles. The van der Waals surface area contributed by atoms with Gasteiger partial charge in [0, 0.05) is 24.2 Å². The molecule has 1 heterocycles. The summed E-state index contributed by atoms with van der Waals surface area (Å²) in [5.41, 5.74) is 2.46. The monoisotopic (exact) mass is 236 g/mol. The predicted octanol–water partition coefficient (Wildman–Crippen LogP) is 1.76. The van der Waals surface area contributed by atoms with Crippen molar-refractivity contribution in [1.29, 1.82) is 0 Å². The first-order chi connectivity index (χ1) is 8.25. The first-order valence-electron chi connectivity index (χ1n) is 6.74. The Balaban J connectivity index is 1.55. The molecule has 3 N–H and O–H groups in total. The summed E-state index contributed by atoms with van der Waals surface area (Å²) in [5.74, 6) is 0.746. The van der Waals surface area contributed by atoms with Gasteiger partial charge in [0.25, 0.3) is 0 Å². The van der Waals surface area contributed by atoms with Crippen LogP contribution in [-0.4, -0.2) is 29.3 Å². The molecule has 1 aromatic rings. The lowest BCUT2D eigenvalue weighted by Gasteiger charge is -2.07. The molecule has 1 fully saturated rings. The minimum absolute atomic E-state index is 0.587. The van der Waals surface area contributed by atoms with E-state index in [0.29, 0.717) is 6.04 Å². The average molecular weight is 236 g/mol. The number of hydrogen-bond donors (Lipinski definition) is 3. The zero-order valence-corrected chi connectivity index (χ0v) is 10.9. The second-order valence-corrected chi connectivity index (χ2v) is 5.23. The molecule has 0 amide bonds. The summed E-state index contributed by atoms with van der Waals surface area (Å²) in [6.45, 7) is 7.40. The van der Waals surface area contributed by atoms with Crippen LogP contribution in [0.1, 0.15) is 50.4 Å². The minimum atomic E-state index is 0.587. The van der Waals surface area contributed by atoms with E-state index < -0.39 is 0 Å². The lowest BCUT2D eigenvalue weighted by molar-refractivity contribution is 0.546. The highest BCUT2D eigenvalue weighted by Crippen LogP contribution is 2.38. The summed E-state index contributed by atoms with van der Waals surface area (Å²) < 4.78 is 0. The molecule has 0 bridgehead atoms. The first-order valence-corrected chi connectivity index (χ1v) is 6.74. The summed E-state index contributed by atoms with van der Waals surface area (Å²) in [6.07, 6.45) is 3.80. The van der Waals surface area contributed by atoms with Crippen molar-refractivity contribution in [2.24, 2.45) is 0 Å². The Kier molecular flexibility index (Phi) is 4.57. The van der Waals surface area contributed by atoms with E-state index in [0.717, 1.165) is 25.6 Å². The molecule has 1 aliphatic rings. The van der Waals surface area contributed by atoms with Gasteiger partial charge >= 0.3 is 0 Å². The van der Waals surface area contributed by atoms with Gasteiger partial charge in [-0.25, -0.2) is 0 Å². The summed E-state index contributed by atoms with van der Waals surface area (Å²) in [5, 5.41) is 14.3. The fourth-order valence-corrected chi connectivity index (χ4v) is 1.89. The van der Waals surface area contributed by atoms with Gasteiger partial charge in [0.05, 0.1) is 5.69 Å². The number of rotatable bonds is 8. The lowest BCUT2D eigenvalue weighted by atomic mass is 10.2. The number of H-pyrrole nitrogens is 1. The van der Waals surface area contributed by atoms with Gasteiger partial charge in [-0.2, -0.15) is 5.10 Å². The van der Waals surface area contributed by atoms with Gasteiger partial charge in [0.1, 0.15) is 0 Å². The summed E-state index contributed by atoms with van der Waals surface area (Å²) in [7, 11) is 0. The number of aromatic amines is 1. The van der Waals surface area contributed by atoms with Crippen LogP contribution in [0.4, 0.5) is 0 Å². The van der Waals surface area contributed by atoms with Gasteiger partial charge in [-0.15, -0.1) is 0 Å². The third-order valence-electron chi connectivity index (χ3n) is 3.04. The van der Waals surface area contributed by atoms with Crippen molar-refractivity contribution in [3.8, 4) is 0 Å². The van der Waals surface area contributed by atoms with Crippen molar-refractivity contribution >= 4 is 0 Å². The van der Waals surface area contributed by atoms with Crippen LogP contribution < -0.4 is 10.6 Å². The molecule has 0 atom stereocenters. The Morgan fingerprint density at radius 3 is 2.94 bits per heavy atom. The van der Waals surface area contributed by atoms with Gasteiger partial charge in [-0.3, -0.25) is 5.10 Å². The highest BCUT2D eigenvalue weighted by Gasteiger charge is 2.25. The summed E-state index contributed by atoms with van der Waals surface area (Å²) in [4.78, 5) is 0. The highest BCUT2D eigenvalue weighted by atomic mass is 15.1. The Labute approximate surface area is 104 Å². The molecule has 1 aliphatic carbocycles. The topological polar surface area (TPSA) is 52.7 Å². The van der Waals surface area contributed by atoms with Crippen molar-refractivity contribution in [3.05, 3.63) is 17.5 Å². The second-order valence-electron chi connectivity index (χ2n) is 5.23. The maximum absolute atomic E-state index is 4.34. The van der Waals surface area contributed by atoms with Crippen LogP contribution >= 0.6 is 0 Å². The van der Waals surface area contributed by atoms with E-state index in [1.54, 1.807) is 0 Å². The Bertz CT molecular complexity index is 328. The molecule has 0 saturated heterocycles. The molecule has 4 nitrogen and oxygen atoms in total. The van der Waals surface area contributed by atoms with Crippen LogP contribution in [0.3, 0.4) is 0 Å². The average Bonchev–Trinajstić information content (AvgIpc) is 3.04. The van der Waals surface area contributed by atoms with Crippen molar-refractivity contribution in [3.63, 3.8) is 0 Å². The molecule has 2 rings (SSSR count). The molecular weight excluding hydrogens is 212 g/mol. The van der Waals surface area contributed by atoms with Gasteiger partial charge in [-0.05, 0) is 38.4 Å². The van der Waals surface area contributed by atoms with Crippen LogP contribution in [0.15, 0.2) is 6.07 Å². The molecule has 0 aliphatic heterocycles. The molecule has 0 unspecified atom stereocenters. The van der Waals surface area contributed by atoms with E-state index in [1.165, 1.54) is 30.7 Å². The zero-order valence-electron chi connectivity index (χ0n) is 10.9. The lowest BCUT2D eigenvalue weighted by Crippen LogP contribution is -2.26.